The Morgan fingerprint density at radius 1 is 1.27 bits per heavy atom. The fourth-order valence-electron chi connectivity index (χ4n) is 3.09. The molecule has 4 rings (SSSR count). The van der Waals surface area contributed by atoms with E-state index in [9.17, 15) is 4.79 Å². The summed E-state index contributed by atoms with van der Waals surface area (Å²) in [6, 6.07) is 11.0. The van der Waals surface area contributed by atoms with Crippen molar-refractivity contribution in [2.24, 2.45) is 0 Å². The summed E-state index contributed by atoms with van der Waals surface area (Å²) in [6.45, 7) is 2.94. The molecule has 134 valence electrons. The van der Waals surface area contributed by atoms with E-state index in [0.717, 1.165) is 11.1 Å². The molecule has 1 saturated heterocycles. The van der Waals surface area contributed by atoms with Gasteiger partial charge in [0, 0.05) is 17.5 Å². The molecular weight excluding hydrogens is 332 g/mol. The lowest BCUT2D eigenvalue weighted by molar-refractivity contribution is -0.00300. The van der Waals surface area contributed by atoms with E-state index >= 15 is 0 Å². The fraction of sp³-hybridized carbons (Fsp3) is 0.300. The molecule has 6 nitrogen and oxygen atoms in total. The summed E-state index contributed by atoms with van der Waals surface area (Å²) in [7, 11) is 0. The van der Waals surface area contributed by atoms with Crippen molar-refractivity contribution in [3.8, 4) is 5.75 Å². The quantitative estimate of drug-likeness (QED) is 0.781. The van der Waals surface area contributed by atoms with Crippen LogP contribution in [-0.4, -0.2) is 36.3 Å². The third kappa shape index (κ3) is 3.41. The molecule has 1 aliphatic heterocycles. The van der Waals surface area contributed by atoms with Crippen LogP contribution in [0.1, 0.15) is 22.5 Å². The zero-order valence-corrected chi connectivity index (χ0v) is 14.5. The number of furan rings is 1. The molecule has 0 bridgehead atoms. The summed E-state index contributed by atoms with van der Waals surface area (Å²) in [5, 5.41) is 3.82. The van der Waals surface area contributed by atoms with Crippen LogP contribution in [0.3, 0.4) is 0 Å². The Kier molecular flexibility index (Phi) is 4.58. The molecule has 0 spiro atoms. The highest BCUT2D eigenvalue weighted by Gasteiger charge is 2.30. The smallest absolute Gasteiger partial charge is 0.255 e. The fourth-order valence-corrected chi connectivity index (χ4v) is 3.09. The van der Waals surface area contributed by atoms with Crippen LogP contribution < -0.4 is 10.1 Å². The number of pyridine rings is 1. The Bertz CT molecular complexity index is 904. The maximum atomic E-state index is 12.7. The Balaban J connectivity index is 1.49. The van der Waals surface area contributed by atoms with Crippen LogP contribution in [-0.2, 0) is 4.74 Å². The summed E-state index contributed by atoms with van der Waals surface area (Å²) in [5.41, 5.74) is 2.14. The van der Waals surface area contributed by atoms with Gasteiger partial charge in [0.1, 0.15) is 23.7 Å². The average molecular weight is 352 g/mol. The standard InChI is InChI=1S/C20H20N2O4/c1-13-6-7-14(10-21-13)26-19-8-9-24-12-17(19)22-20(23)16-11-25-18-5-3-2-4-15(16)18/h2-7,10-11,17,19H,8-9,12H2,1H3,(H,22,23)/t17-,19+/m0/s1. The number of ether oxygens (including phenoxy) is 2. The van der Waals surface area contributed by atoms with Gasteiger partial charge in [-0.25, -0.2) is 0 Å². The number of para-hydroxylation sites is 1. The average Bonchev–Trinajstić information content (AvgIpc) is 3.09. The predicted molar refractivity (Wildman–Crippen MR) is 96.3 cm³/mol. The second kappa shape index (κ2) is 7.17. The van der Waals surface area contributed by atoms with E-state index in [2.05, 4.69) is 10.3 Å². The van der Waals surface area contributed by atoms with Crippen LogP contribution in [0.2, 0.25) is 0 Å². The van der Waals surface area contributed by atoms with Crippen molar-refractivity contribution in [3.63, 3.8) is 0 Å². The van der Waals surface area contributed by atoms with Crippen molar-refractivity contribution < 1.29 is 18.7 Å². The van der Waals surface area contributed by atoms with E-state index in [1.165, 1.54) is 6.26 Å². The highest BCUT2D eigenvalue weighted by molar-refractivity contribution is 6.06. The number of aromatic nitrogens is 1. The van der Waals surface area contributed by atoms with Crippen molar-refractivity contribution >= 4 is 16.9 Å². The van der Waals surface area contributed by atoms with Gasteiger partial charge >= 0.3 is 0 Å². The first-order valence-corrected chi connectivity index (χ1v) is 8.65. The van der Waals surface area contributed by atoms with E-state index in [1.807, 2.05) is 43.3 Å². The maximum absolute atomic E-state index is 12.7. The van der Waals surface area contributed by atoms with Crippen LogP contribution in [0.15, 0.2) is 53.3 Å². The minimum Gasteiger partial charge on any atom is -0.486 e. The second-order valence-corrected chi connectivity index (χ2v) is 6.38. The first-order chi connectivity index (χ1) is 12.7. The van der Waals surface area contributed by atoms with Crippen LogP contribution in [0, 0.1) is 6.92 Å². The van der Waals surface area contributed by atoms with Gasteiger partial charge < -0.3 is 19.2 Å². The summed E-state index contributed by atoms with van der Waals surface area (Å²) in [5.74, 6) is 0.497. The third-order valence-corrected chi connectivity index (χ3v) is 4.51. The first-order valence-electron chi connectivity index (χ1n) is 8.65. The predicted octanol–water partition coefficient (Wildman–Crippen LogP) is 3.10. The van der Waals surface area contributed by atoms with Crippen LogP contribution >= 0.6 is 0 Å². The van der Waals surface area contributed by atoms with Gasteiger partial charge in [0.05, 0.1) is 31.0 Å². The molecule has 1 N–H and O–H groups in total. The number of benzene rings is 1. The van der Waals surface area contributed by atoms with Crippen molar-refractivity contribution in [2.45, 2.75) is 25.5 Å². The summed E-state index contributed by atoms with van der Waals surface area (Å²) in [6.07, 6.45) is 3.72. The normalized spacial score (nSPS) is 20.0. The number of nitrogens with one attached hydrogen (secondary N) is 1. The molecule has 0 unspecified atom stereocenters. The van der Waals surface area contributed by atoms with E-state index < -0.39 is 0 Å². The number of hydrogen-bond acceptors (Lipinski definition) is 5. The molecule has 0 saturated carbocycles. The minimum absolute atomic E-state index is 0.171. The Labute approximate surface area is 151 Å². The summed E-state index contributed by atoms with van der Waals surface area (Å²) < 4.78 is 17.1. The number of carbonyl (C=O) groups excluding carboxylic acids is 1. The number of hydrogen-bond donors (Lipinski definition) is 1. The molecule has 1 amide bonds. The molecule has 1 aliphatic rings. The van der Waals surface area contributed by atoms with Gasteiger partial charge in [-0.3, -0.25) is 9.78 Å². The first kappa shape index (κ1) is 16.6. The number of amides is 1. The van der Waals surface area contributed by atoms with Gasteiger partial charge in [0.2, 0.25) is 0 Å². The largest absolute Gasteiger partial charge is 0.486 e. The monoisotopic (exact) mass is 352 g/mol. The SMILES string of the molecule is Cc1ccc(O[C@@H]2CCOC[C@@H]2NC(=O)c2coc3ccccc23)cn1. The second-order valence-electron chi connectivity index (χ2n) is 6.38. The molecular formula is C20H20N2O4. The topological polar surface area (TPSA) is 73.6 Å². The van der Waals surface area contributed by atoms with E-state index in [4.69, 9.17) is 13.9 Å². The van der Waals surface area contributed by atoms with Crippen LogP contribution in [0.25, 0.3) is 11.0 Å². The Hall–Kier alpha value is -2.86. The number of fused-ring (bicyclic) bond motifs is 1. The third-order valence-electron chi connectivity index (χ3n) is 4.51. The molecule has 26 heavy (non-hydrogen) atoms. The molecule has 1 aromatic carbocycles. The van der Waals surface area contributed by atoms with Gasteiger partial charge in [0.15, 0.2) is 0 Å². The van der Waals surface area contributed by atoms with E-state index in [1.54, 1.807) is 6.20 Å². The molecule has 0 radical (unpaired) electrons. The van der Waals surface area contributed by atoms with Crippen molar-refractivity contribution in [1.29, 1.82) is 0 Å². The lowest BCUT2D eigenvalue weighted by Crippen LogP contribution is -2.51. The Morgan fingerprint density at radius 2 is 2.15 bits per heavy atom. The van der Waals surface area contributed by atoms with Gasteiger partial charge in [-0.05, 0) is 25.1 Å². The zero-order chi connectivity index (χ0) is 17.9. The van der Waals surface area contributed by atoms with Gasteiger partial charge in [0.25, 0.3) is 5.91 Å². The molecule has 0 aliphatic carbocycles. The van der Waals surface area contributed by atoms with Crippen molar-refractivity contribution in [2.75, 3.05) is 13.2 Å². The molecule has 6 heteroatoms. The highest BCUT2D eigenvalue weighted by atomic mass is 16.5. The van der Waals surface area contributed by atoms with E-state index in [0.29, 0.717) is 36.5 Å². The van der Waals surface area contributed by atoms with Gasteiger partial charge in [-0.2, -0.15) is 0 Å². The van der Waals surface area contributed by atoms with Crippen LogP contribution in [0.5, 0.6) is 5.75 Å². The van der Waals surface area contributed by atoms with Gasteiger partial charge in [-0.1, -0.05) is 18.2 Å². The number of nitrogens with zero attached hydrogens (tertiary/aromatic N) is 1. The zero-order valence-electron chi connectivity index (χ0n) is 14.5. The van der Waals surface area contributed by atoms with Crippen molar-refractivity contribution in [1.82, 2.24) is 10.3 Å². The minimum atomic E-state index is -0.244. The van der Waals surface area contributed by atoms with Gasteiger partial charge in [-0.15, -0.1) is 0 Å². The number of aryl methyl sites for hydroxylation is 1. The molecule has 2 aromatic heterocycles. The highest BCUT2D eigenvalue weighted by Crippen LogP contribution is 2.22. The van der Waals surface area contributed by atoms with E-state index in [-0.39, 0.29) is 18.1 Å². The molecule has 2 atom stereocenters. The Morgan fingerprint density at radius 3 is 3.00 bits per heavy atom. The molecule has 3 heterocycles. The maximum Gasteiger partial charge on any atom is 0.255 e. The van der Waals surface area contributed by atoms with Crippen molar-refractivity contribution in [3.05, 3.63) is 60.1 Å². The number of rotatable bonds is 4. The molecule has 1 fully saturated rings. The lowest BCUT2D eigenvalue weighted by Gasteiger charge is -2.32. The lowest BCUT2D eigenvalue weighted by atomic mass is 10.1. The van der Waals surface area contributed by atoms with Crippen LogP contribution in [0.4, 0.5) is 0 Å². The summed E-state index contributed by atoms with van der Waals surface area (Å²) >= 11 is 0. The molecule has 3 aromatic rings. The number of carbonyl (C=O) groups is 1. The summed E-state index contributed by atoms with van der Waals surface area (Å²) in [4.78, 5) is 17.0.